The van der Waals surface area contributed by atoms with Crippen molar-refractivity contribution in [2.24, 2.45) is 10.8 Å². The van der Waals surface area contributed by atoms with Crippen molar-refractivity contribution in [1.29, 1.82) is 0 Å². The molecule has 0 bridgehead atoms. The number of aliphatic hydroxyl groups excluding tert-OH is 1. The van der Waals surface area contributed by atoms with Crippen molar-refractivity contribution >= 4 is 5.91 Å². The lowest BCUT2D eigenvalue weighted by molar-refractivity contribution is -0.131. The first-order valence-corrected chi connectivity index (χ1v) is 8.07. The van der Waals surface area contributed by atoms with E-state index in [-0.39, 0.29) is 23.3 Å². The maximum absolute atomic E-state index is 12.6. The van der Waals surface area contributed by atoms with Crippen molar-refractivity contribution in [3.63, 3.8) is 0 Å². The summed E-state index contributed by atoms with van der Waals surface area (Å²) in [5, 5.41) is 12.4. The second-order valence-electron chi connectivity index (χ2n) is 6.93. The van der Waals surface area contributed by atoms with Gasteiger partial charge in [-0.15, -0.1) is 0 Å². The molecule has 2 fully saturated rings. The van der Waals surface area contributed by atoms with E-state index >= 15 is 0 Å². The molecule has 4 heteroatoms. The van der Waals surface area contributed by atoms with Gasteiger partial charge < -0.3 is 15.2 Å². The number of carbonyl (C=O) groups is 1. The molecule has 2 aliphatic rings. The molecular weight excluding hydrogens is 254 g/mol. The lowest BCUT2D eigenvalue weighted by Crippen LogP contribution is -2.45. The summed E-state index contributed by atoms with van der Waals surface area (Å²) in [6, 6.07) is 0. The molecule has 0 aromatic carbocycles. The highest BCUT2D eigenvalue weighted by Crippen LogP contribution is 2.36. The summed E-state index contributed by atoms with van der Waals surface area (Å²) in [7, 11) is 0. The van der Waals surface area contributed by atoms with Gasteiger partial charge in [-0.1, -0.05) is 32.6 Å². The van der Waals surface area contributed by atoms with Crippen LogP contribution < -0.4 is 5.32 Å². The molecule has 0 radical (unpaired) electrons. The Hall–Kier alpha value is -0.610. The maximum atomic E-state index is 12.6. The predicted octanol–water partition coefficient (Wildman–Crippen LogP) is 2.25. The summed E-state index contributed by atoms with van der Waals surface area (Å²) in [5.41, 5.74) is -0.248. The zero-order valence-corrected chi connectivity index (χ0v) is 12.7. The molecule has 0 aromatic rings. The van der Waals surface area contributed by atoms with E-state index < -0.39 is 0 Å². The molecule has 2 rings (SSSR count). The summed E-state index contributed by atoms with van der Waals surface area (Å²) in [4.78, 5) is 12.6. The van der Waals surface area contributed by atoms with E-state index in [1.807, 2.05) is 0 Å². The van der Waals surface area contributed by atoms with E-state index in [4.69, 9.17) is 4.74 Å². The minimum atomic E-state index is -0.198. The average molecular weight is 283 g/mol. The Morgan fingerprint density at radius 3 is 2.45 bits per heavy atom. The molecule has 1 aliphatic carbocycles. The van der Waals surface area contributed by atoms with E-state index in [0.29, 0.717) is 19.6 Å². The minimum Gasteiger partial charge on any atom is -0.396 e. The number of nitrogens with one attached hydrogen (secondary N) is 1. The molecule has 1 unspecified atom stereocenters. The van der Waals surface area contributed by atoms with Crippen molar-refractivity contribution < 1.29 is 14.6 Å². The molecule has 116 valence electrons. The van der Waals surface area contributed by atoms with E-state index in [2.05, 4.69) is 12.2 Å². The Morgan fingerprint density at radius 2 is 1.90 bits per heavy atom. The SMILES string of the molecule is CC1(C(=O)NCC2(CCO)CCOC2)CCCCCC1. The third-order valence-corrected chi connectivity index (χ3v) is 5.21. The highest BCUT2D eigenvalue weighted by molar-refractivity contribution is 5.82. The van der Waals surface area contributed by atoms with Crippen LogP contribution >= 0.6 is 0 Å². The second-order valence-corrected chi connectivity index (χ2v) is 6.93. The Morgan fingerprint density at radius 1 is 1.20 bits per heavy atom. The number of rotatable bonds is 5. The topological polar surface area (TPSA) is 58.6 Å². The monoisotopic (exact) mass is 283 g/mol. The molecule has 1 atom stereocenters. The van der Waals surface area contributed by atoms with E-state index in [1.54, 1.807) is 0 Å². The van der Waals surface area contributed by atoms with Gasteiger partial charge in [0.1, 0.15) is 0 Å². The highest BCUT2D eigenvalue weighted by Gasteiger charge is 2.38. The average Bonchev–Trinajstić information content (AvgIpc) is 2.78. The fraction of sp³-hybridized carbons (Fsp3) is 0.938. The molecule has 2 N–H and O–H groups in total. The first-order valence-electron chi connectivity index (χ1n) is 8.07. The van der Waals surface area contributed by atoms with Crippen LogP contribution in [0.15, 0.2) is 0 Å². The first kappa shape index (κ1) is 15.8. The Kier molecular flexibility index (Phi) is 5.44. The Labute approximate surface area is 122 Å². The molecule has 20 heavy (non-hydrogen) atoms. The van der Waals surface area contributed by atoms with Gasteiger partial charge in [0.2, 0.25) is 5.91 Å². The van der Waals surface area contributed by atoms with Crippen molar-refractivity contribution in [2.45, 2.75) is 58.3 Å². The lowest BCUT2D eigenvalue weighted by Gasteiger charge is -2.31. The quantitative estimate of drug-likeness (QED) is 0.761. The van der Waals surface area contributed by atoms with Crippen molar-refractivity contribution in [1.82, 2.24) is 5.32 Å². The molecule has 0 spiro atoms. The van der Waals surface area contributed by atoms with Crippen LogP contribution in [0.4, 0.5) is 0 Å². The summed E-state index contributed by atoms with van der Waals surface area (Å²) in [6.07, 6.45) is 8.49. The van der Waals surface area contributed by atoms with Gasteiger partial charge in [-0.25, -0.2) is 0 Å². The van der Waals surface area contributed by atoms with Crippen LogP contribution in [0.2, 0.25) is 0 Å². The van der Waals surface area contributed by atoms with E-state index in [1.165, 1.54) is 12.8 Å². The van der Waals surface area contributed by atoms with Crippen LogP contribution in [0.5, 0.6) is 0 Å². The number of hydrogen-bond acceptors (Lipinski definition) is 3. The number of amides is 1. The minimum absolute atomic E-state index is 0.0501. The third-order valence-electron chi connectivity index (χ3n) is 5.21. The normalized spacial score (nSPS) is 29.9. The van der Waals surface area contributed by atoms with Crippen LogP contribution in [-0.2, 0) is 9.53 Å². The summed E-state index contributed by atoms with van der Waals surface area (Å²) < 4.78 is 5.47. The number of carbonyl (C=O) groups excluding carboxylic acids is 1. The van der Waals surface area contributed by atoms with Crippen molar-refractivity contribution in [2.75, 3.05) is 26.4 Å². The van der Waals surface area contributed by atoms with Crippen LogP contribution in [0, 0.1) is 10.8 Å². The third kappa shape index (κ3) is 3.73. The van der Waals surface area contributed by atoms with Crippen LogP contribution in [-0.4, -0.2) is 37.4 Å². The smallest absolute Gasteiger partial charge is 0.225 e. The van der Waals surface area contributed by atoms with Gasteiger partial charge in [0.25, 0.3) is 0 Å². The fourth-order valence-corrected chi connectivity index (χ4v) is 3.53. The van der Waals surface area contributed by atoms with Crippen LogP contribution in [0.3, 0.4) is 0 Å². The van der Waals surface area contributed by atoms with Gasteiger partial charge in [0.05, 0.1) is 6.61 Å². The standard InChI is InChI=1S/C16H29NO3/c1-15(6-4-2-3-5-7-15)14(19)17-12-16(8-10-18)9-11-20-13-16/h18H,2-13H2,1H3,(H,17,19). The van der Waals surface area contributed by atoms with Crippen LogP contribution in [0.1, 0.15) is 58.3 Å². The number of hydrogen-bond donors (Lipinski definition) is 2. The zero-order valence-electron chi connectivity index (χ0n) is 12.7. The summed E-state index contributed by atoms with van der Waals surface area (Å²) in [5.74, 6) is 0.198. The van der Waals surface area contributed by atoms with Gasteiger partial charge in [0.15, 0.2) is 0 Å². The summed E-state index contributed by atoms with van der Waals surface area (Å²) in [6.45, 7) is 4.31. The molecule has 1 saturated heterocycles. The van der Waals surface area contributed by atoms with Crippen LogP contribution in [0.25, 0.3) is 0 Å². The number of aliphatic hydroxyl groups is 1. The Bertz CT molecular complexity index is 316. The molecule has 1 aliphatic heterocycles. The van der Waals surface area contributed by atoms with Gasteiger partial charge in [-0.2, -0.15) is 0 Å². The Balaban J connectivity index is 1.89. The van der Waals surface area contributed by atoms with Gasteiger partial charge in [-0.3, -0.25) is 4.79 Å². The van der Waals surface area contributed by atoms with Gasteiger partial charge >= 0.3 is 0 Å². The molecule has 1 saturated carbocycles. The first-order chi connectivity index (χ1) is 9.60. The summed E-state index contributed by atoms with van der Waals surface area (Å²) >= 11 is 0. The zero-order chi connectivity index (χ0) is 14.5. The molecule has 4 nitrogen and oxygen atoms in total. The maximum Gasteiger partial charge on any atom is 0.225 e. The molecule has 1 heterocycles. The second kappa shape index (κ2) is 6.90. The van der Waals surface area contributed by atoms with Crippen molar-refractivity contribution in [3.8, 4) is 0 Å². The lowest BCUT2D eigenvalue weighted by atomic mass is 9.80. The van der Waals surface area contributed by atoms with Crippen molar-refractivity contribution in [3.05, 3.63) is 0 Å². The highest BCUT2D eigenvalue weighted by atomic mass is 16.5. The van der Waals surface area contributed by atoms with E-state index in [9.17, 15) is 9.90 Å². The molecular formula is C16H29NO3. The molecule has 1 amide bonds. The van der Waals surface area contributed by atoms with E-state index in [0.717, 1.165) is 38.7 Å². The van der Waals surface area contributed by atoms with Gasteiger partial charge in [0, 0.05) is 30.6 Å². The fourth-order valence-electron chi connectivity index (χ4n) is 3.53. The molecule has 0 aromatic heterocycles. The largest absolute Gasteiger partial charge is 0.396 e. The predicted molar refractivity (Wildman–Crippen MR) is 78.4 cm³/mol. The van der Waals surface area contributed by atoms with Gasteiger partial charge in [-0.05, 0) is 25.7 Å². The number of ether oxygens (including phenoxy) is 1.